The summed E-state index contributed by atoms with van der Waals surface area (Å²) >= 11 is 0. The molecule has 0 aromatic heterocycles. The molecule has 0 saturated carbocycles. The maximum absolute atomic E-state index is 13.0. The van der Waals surface area contributed by atoms with E-state index in [1.807, 2.05) is 24.3 Å². The van der Waals surface area contributed by atoms with Crippen LogP contribution in [0.2, 0.25) is 0 Å². The second-order valence-corrected chi connectivity index (χ2v) is 4.92. The molecule has 0 aliphatic carbocycles. The number of hydrogen-bond acceptors (Lipinski definition) is 3. The third-order valence-corrected chi connectivity index (χ3v) is 3.35. The third-order valence-electron chi connectivity index (χ3n) is 3.35. The van der Waals surface area contributed by atoms with E-state index in [4.69, 9.17) is 10.6 Å². The highest BCUT2D eigenvalue weighted by Crippen LogP contribution is 2.23. The van der Waals surface area contributed by atoms with Crippen LogP contribution in [-0.2, 0) is 0 Å². The van der Waals surface area contributed by atoms with E-state index in [1.54, 1.807) is 12.1 Å². The zero-order valence-corrected chi connectivity index (χ0v) is 12.2. The quantitative estimate of drug-likeness (QED) is 0.465. The molecule has 2 aromatic rings. The minimum absolute atomic E-state index is 0.171. The standard InChI is InChI=1S/C17H21FN2O/c1-2-3-12-21-16-10-6-14(7-11-16)17(20-19)13-4-8-15(18)9-5-13/h4-11,17,20H,2-3,12,19H2,1H3. The van der Waals surface area contributed by atoms with Gasteiger partial charge in [0.15, 0.2) is 0 Å². The summed E-state index contributed by atoms with van der Waals surface area (Å²) in [5, 5.41) is 0. The first kappa shape index (κ1) is 15.5. The van der Waals surface area contributed by atoms with Crippen LogP contribution in [0.4, 0.5) is 4.39 Å². The van der Waals surface area contributed by atoms with Gasteiger partial charge in [0.2, 0.25) is 0 Å². The molecule has 0 fully saturated rings. The lowest BCUT2D eigenvalue weighted by atomic mass is 9.99. The van der Waals surface area contributed by atoms with Gasteiger partial charge in [0.25, 0.3) is 0 Å². The molecule has 0 radical (unpaired) electrons. The maximum Gasteiger partial charge on any atom is 0.123 e. The number of nitrogens with two attached hydrogens (primary N) is 1. The fraction of sp³-hybridized carbons (Fsp3) is 0.294. The summed E-state index contributed by atoms with van der Waals surface area (Å²) in [6, 6.07) is 13.9. The molecule has 21 heavy (non-hydrogen) atoms. The molecule has 2 aromatic carbocycles. The largest absolute Gasteiger partial charge is 0.494 e. The van der Waals surface area contributed by atoms with Gasteiger partial charge in [-0.2, -0.15) is 0 Å². The Hall–Kier alpha value is -1.91. The molecule has 0 heterocycles. The highest BCUT2D eigenvalue weighted by atomic mass is 19.1. The Morgan fingerprint density at radius 3 is 2.14 bits per heavy atom. The van der Waals surface area contributed by atoms with Gasteiger partial charge in [-0.25, -0.2) is 9.82 Å². The lowest BCUT2D eigenvalue weighted by Crippen LogP contribution is -2.28. The summed E-state index contributed by atoms with van der Waals surface area (Å²) in [6.45, 7) is 2.86. The zero-order valence-electron chi connectivity index (χ0n) is 12.2. The number of benzene rings is 2. The Morgan fingerprint density at radius 1 is 1.05 bits per heavy atom. The van der Waals surface area contributed by atoms with Crippen molar-refractivity contribution in [3.63, 3.8) is 0 Å². The van der Waals surface area contributed by atoms with Crippen molar-refractivity contribution in [2.24, 2.45) is 5.84 Å². The smallest absolute Gasteiger partial charge is 0.123 e. The summed E-state index contributed by atoms with van der Waals surface area (Å²) in [7, 11) is 0. The number of ether oxygens (including phenoxy) is 1. The molecule has 0 aliphatic rings. The van der Waals surface area contributed by atoms with Crippen molar-refractivity contribution in [2.75, 3.05) is 6.61 Å². The molecule has 0 amide bonds. The minimum atomic E-state index is -0.255. The molecule has 3 nitrogen and oxygen atoms in total. The lowest BCUT2D eigenvalue weighted by Gasteiger charge is -2.17. The SMILES string of the molecule is CCCCOc1ccc(C(NN)c2ccc(F)cc2)cc1. The average molecular weight is 288 g/mol. The van der Waals surface area contributed by atoms with Gasteiger partial charge in [0, 0.05) is 0 Å². The van der Waals surface area contributed by atoms with E-state index in [0.717, 1.165) is 36.3 Å². The van der Waals surface area contributed by atoms with Crippen LogP contribution in [0.3, 0.4) is 0 Å². The predicted octanol–water partition coefficient (Wildman–Crippen LogP) is 3.56. The van der Waals surface area contributed by atoms with Gasteiger partial charge in [0.05, 0.1) is 12.6 Å². The van der Waals surface area contributed by atoms with E-state index in [0.29, 0.717) is 0 Å². The van der Waals surface area contributed by atoms with Crippen LogP contribution < -0.4 is 16.0 Å². The first-order valence-electron chi connectivity index (χ1n) is 7.19. The van der Waals surface area contributed by atoms with Crippen molar-refractivity contribution in [1.29, 1.82) is 0 Å². The van der Waals surface area contributed by atoms with Crippen molar-refractivity contribution >= 4 is 0 Å². The molecule has 4 heteroatoms. The normalized spacial score (nSPS) is 12.1. The molecule has 0 bridgehead atoms. The van der Waals surface area contributed by atoms with Gasteiger partial charge < -0.3 is 4.74 Å². The van der Waals surface area contributed by atoms with Crippen molar-refractivity contribution in [1.82, 2.24) is 5.43 Å². The van der Waals surface area contributed by atoms with Crippen molar-refractivity contribution in [3.05, 3.63) is 65.5 Å². The zero-order chi connectivity index (χ0) is 15.1. The molecular weight excluding hydrogens is 267 g/mol. The van der Waals surface area contributed by atoms with Crippen molar-refractivity contribution in [3.8, 4) is 5.75 Å². The lowest BCUT2D eigenvalue weighted by molar-refractivity contribution is 0.309. The number of rotatable bonds is 7. The topological polar surface area (TPSA) is 47.3 Å². The Morgan fingerprint density at radius 2 is 1.62 bits per heavy atom. The van der Waals surface area contributed by atoms with Crippen molar-refractivity contribution < 1.29 is 9.13 Å². The first-order chi connectivity index (χ1) is 10.2. The number of unbranched alkanes of at least 4 members (excludes halogenated alkanes) is 1. The Labute approximate surface area is 124 Å². The molecule has 0 saturated heterocycles. The molecule has 112 valence electrons. The molecule has 1 unspecified atom stereocenters. The Kier molecular flexibility index (Phi) is 5.72. The van der Waals surface area contributed by atoms with Crippen LogP contribution in [-0.4, -0.2) is 6.61 Å². The van der Waals surface area contributed by atoms with E-state index < -0.39 is 0 Å². The monoisotopic (exact) mass is 288 g/mol. The fourth-order valence-electron chi connectivity index (χ4n) is 2.13. The summed E-state index contributed by atoms with van der Waals surface area (Å²) in [4.78, 5) is 0. The summed E-state index contributed by atoms with van der Waals surface area (Å²) in [5.74, 6) is 6.23. The van der Waals surface area contributed by atoms with E-state index >= 15 is 0 Å². The molecule has 1 atom stereocenters. The molecule has 0 spiro atoms. The van der Waals surface area contributed by atoms with Gasteiger partial charge in [0.1, 0.15) is 11.6 Å². The molecule has 3 N–H and O–H groups in total. The number of hydrogen-bond donors (Lipinski definition) is 2. The van der Waals surface area contributed by atoms with E-state index in [-0.39, 0.29) is 11.9 Å². The maximum atomic E-state index is 13.0. The summed E-state index contributed by atoms with van der Waals surface area (Å²) in [6.07, 6.45) is 2.16. The fourth-order valence-corrected chi connectivity index (χ4v) is 2.13. The van der Waals surface area contributed by atoms with Crippen LogP contribution in [0.5, 0.6) is 5.75 Å². The average Bonchev–Trinajstić information content (AvgIpc) is 2.52. The highest BCUT2D eigenvalue weighted by Gasteiger charge is 2.12. The first-order valence-corrected chi connectivity index (χ1v) is 7.19. The van der Waals surface area contributed by atoms with Crippen LogP contribution in [0.1, 0.15) is 36.9 Å². The van der Waals surface area contributed by atoms with Crippen molar-refractivity contribution in [2.45, 2.75) is 25.8 Å². The van der Waals surface area contributed by atoms with Crippen LogP contribution in [0.15, 0.2) is 48.5 Å². The highest BCUT2D eigenvalue weighted by molar-refractivity contribution is 5.35. The van der Waals surface area contributed by atoms with Gasteiger partial charge in [-0.05, 0) is 41.8 Å². The van der Waals surface area contributed by atoms with Gasteiger partial charge in [-0.15, -0.1) is 0 Å². The molecule has 2 rings (SSSR count). The molecular formula is C17H21FN2O. The van der Waals surface area contributed by atoms with E-state index in [2.05, 4.69) is 12.3 Å². The molecule has 0 aliphatic heterocycles. The van der Waals surface area contributed by atoms with Crippen LogP contribution in [0.25, 0.3) is 0 Å². The van der Waals surface area contributed by atoms with Gasteiger partial charge >= 0.3 is 0 Å². The number of hydrazine groups is 1. The summed E-state index contributed by atoms with van der Waals surface area (Å²) < 4.78 is 18.6. The minimum Gasteiger partial charge on any atom is -0.494 e. The Balaban J connectivity index is 2.09. The number of halogens is 1. The number of nitrogens with one attached hydrogen (secondary N) is 1. The van der Waals surface area contributed by atoms with Gasteiger partial charge in [-0.1, -0.05) is 37.6 Å². The van der Waals surface area contributed by atoms with E-state index in [1.165, 1.54) is 12.1 Å². The second kappa shape index (κ2) is 7.76. The van der Waals surface area contributed by atoms with Crippen LogP contribution >= 0.6 is 0 Å². The summed E-state index contributed by atoms with van der Waals surface area (Å²) in [5.41, 5.74) is 4.68. The predicted molar refractivity (Wildman–Crippen MR) is 82.4 cm³/mol. The second-order valence-electron chi connectivity index (χ2n) is 4.92. The Bertz CT molecular complexity index is 540. The third kappa shape index (κ3) is 4.28. The van der Waals surface area contributed by atoms with E-state index in [9.17, 15) is 4.39 Å². The van der Waals surface area contributed by atoms with Crippen LogP contribution in [0, 0.1) is 5.82 Å². The van der Waals surface area contributed by atoms with Gasteiger partial charge in [-0.3, -0.25) is 5.84 Å².